The lowest BCUT2D eigenvalue weighted by Crippen LogP contribution is -2.30. The molecular formula is C94H125N2P29S4. The van der Waals surface area contributed by atoms with Crippen LogP contribution in [0.5, 0.6) is 0 Å². The zero-order valence-corrected chi connectivity index (χ0v) is 108. The Morgan fingerprint density at radius 3 is 0.969 bits per heavy atom. The summed E-state index contributed by atoms with van der Waals surface area (Å²) in [6.45, 7) is 14.0. The van der Waals surface area contributed by atoms with Crippen LogP contribution in [0.4, 0.5) is 0 Å². The lowest BCUT2D eigenvalue weighted by molar-refractivity contribution is 0.666. The van der Waals surface area contributed by atoms with Gasteiger partial charge in [0.15, 0.2) is 0 Å². The van der Waals surface area contributed by atoms with E-state index < -0.39 is 10.8 Å². The van der Waals surface area contributed by atoms with Gasteiger partial charge in [-0.05, 0) is 282 Å². The van der Waals surface area contributed by atoms with Gasteiger partial charge in [-0.25, -0.2) is 9.97 Å². The van der Waals surface area contributed by atoms with E-state index in [1.807, 2.05) is 45.3 Å². The molecule has 0 saturated carbocycles. The van der Waals surface area contributed by atoms with Gasteiger partial charge in [0.05, 0.1) is 33.3 Å². The summed E-state index contributed by atoms with van der Waals surface area (Å²) in [5, 5.41) is 0. The number of aromatic nitrogens is 2. The largest absolute Gasteiger partial charge is 0.243 e. The molecule has 0 spiro atoms. The van der Waals surface area contributed by atoms with Crippen molar-refractivity contribution in [1.29, 1.82) is 0 Å². The standard InChI is InChI=1S/C94H94N2S4.H31P29/c1-7-11-15-21-29-65-38-46-71(47-39-65)93(72-48-40-66(41-49-72)30-22-16-12-8-2)79-61-78-80(60-77(79)91-81(93)59-64(6)98-91)94(73-50-42-67(43-51-73)31-23-17-13-9-3,74-52-44-68(45-53-74)32-24-18-14-10-4)82-62-86(100-92(78)82)85-58-57-84(99-85)76-55-54-75(83-56-37-63(5)97-83)89-90(76)96-88(70-35-27-20-28-36-70)87(95-89)69-33-25-19-26-34-69;1-16-24(17(2)3)28(25(18(4)5)19(6)7)29(26(20(8)9)21(10)11)27(22(12)13)23(14)15/h19-20,25-28,33-62H,7-18,21-24,29-32H2,1-6H3;16H,1-15H2. The average molecular weight is 2310 g/mol. The highest BCUT2D eigenvalue weighted by Crippen LogP contribution is 3.37. The van der Waals surface area contributed by atoms with Gasteiger partial charge in [-0.3, -0.25) is 0 Å². The lowest BCUT2D eigenvalue weighted by atomic mass is 9.65. The molecule has 0 bridgehead atoms. The fraction of sp³-hybridized carbons (Fsp3) is 0.298. The highest BCUT2D eigenvalue weighted by Gasteiger charge is 2.54. The van der Waals surface area contributed by atoms with E-state index in [-0.39, 0.29) is 90.8 Å². The van der Waals surface area contributed by atoms with Crippen LogP contribution in [0, 0.1) is 13.8 Å². The van der Waals surface area contributed by atoms with Crippen molar-refractivity contribution in [3.8, 4) is 74.0 Å². The highest BCUT2D eigenvalue weighted by atomic mass is 33.5. The third-order valence-electron chi connectivity index (χ3n) is 24.1. The van der Waals surface area contributed by atoms with Crippen LogP contribution in [-0.2, 0) is 36.5 Å². The van der Waals surface area contributed by atoms with E-state index in [1.54, 1.807) is 0 Å². The van der Waals surface area contributed by atoms with E-state index in [0.717, 1.165) is 78.3 Å². The summed E-state index contributed by atoms with van der Waals surface area (Å²) in [6.07, 6.45) is 24.5. The van der Waals surface area contributed by atoms with Crippen LogP contribution in [0.15, 0.2) is 218 Å². The van der Waals surface area contributed by atoms with Gasteiger partial charge in [-0.15, -0.1) is 179 Å². The quantitative estimate of drug-likeness (QED) is 0.0281. The lowest BCUT2D eigenvalue weighted by Gasteiger charge is -2.51. The minimum atomic E-state index is -0.612. The number of rotatable bonds is 42. The molecular weight excluding hydrogens is 2180 g/mol. The molecule has 13 aromatic rings. The van der Waals surface area contributed by atoms with Gasteiger partial charge in [0.2, 0.25) is 0 Å². The molecule has 35 heteroatoms. The van der Waals surface area contributed by atoms with Gasteiger partial charge in [0.1, 0.15) is 0 Å². The van der Waals surface area contributed by atoms with E-state index in [4.69, 9.17) is 9.97 Å². The van der Waals surface area contributed by atoms with E-state index in [1.165, 1.54) is 220 Å². The topological polar surface area (TPSA) is 25.8 Å². The zero-order valence-electron chi connectivity index (χ0n) is 74.4. The molecule has 0 radical (unpaired) electrons. The minimum absolute atomic E-state index is 0.0147. The number of hydrogen-bond donors (Lipinski definition) is 0. The molecule has 5 aromatic heterocycles. The van der Waals surface area contributed by atoms with E-state index in [9.17, 15) is 0 Å². The summed E-state index contributed by atoms with van der Waals surface area (Å²) in [4.78, 5) is 21.8. The van der Waals surface area contributed by atoms with Crippen LogP contribution in [-0.4, -0.2) is 9.97 Å². The van der Waals surface area contributed by atoms with E-state index in [0.29, 0.717) is 0 Å². The number of unbranched alkanes of at least 4 members (excludes halogenated alkanes) is 12. The third kappa shape index (κ3) is 25.4. The number of benzene rings is 8. The first-order valence-electron chi connectivity index (χ1n) is 44.2. The first-order valence-corrected chi connectivity index (χ1v) is 99.7. The Bertz CT molecular complexity index is 5660. The maximum absolute atomic E-state index is 5.78. The van der Waals surface area contributed by atoms with Gasteiger partial charge >= 0.3 is 0 Å². The average Bonchev–Trinajstić information content (AvgIpc) is 1.50. The van der Waals surface area contributed by atoms with Crippen LogP contribution in [0.1, 0.15) is 207 Å². The maximum Gasteiger partial charge on any atom is 0.0988 e. The SMILES string of the molecule is CCCCCCc1ccc(C2(c3ccc(CCCCCC)cc3)c3cc4c(cc3-c3sc(C)cc32)C(c2ccc(CCCCCC)cc2)(c2ccc(CCCCCC)cc2)c2cc(-c3ccc(-c5ccc(-c6ccc(C)s6)c6nc(-c7ccccc7)c(-c7ccccc7)nc56)s3)sc2-4)cc1.PPP(P(P)P)P(P(P(P)P)P(P)P)P(P(P(P)P)P(P)P)P(P(P)P)P(P)P. The Balaban J connectivity index is 0.000000399. The Labute approximate surface area is 839 Å². The summed E-state index contributed by atoms with van der Waals surface area (Å²) >= 11 is 7.70. The molecule has 0 fully saturated rings. The van der Waals surface area contributed by atoms with Gasteiger partial charge < -0.3 is 0 Å². The molecule has 15 rings (SSSR count). The van der Waals surface area contributed by atoms with Gasteiger partial charge in [-0.2, -0.15) is 0 Å². The molecule has 8 aromatic carbocycles. The molecule has 2 nitrogen and oxygen atoms in total. The van der Waals surface area contributed by atoms with Crippen molar-refractivity contribution in [2.24, 2.45) is 0 Å². The molecule has 0 aliphatic heterocycles. The second-order valence-corrected chi connectivity index (χ2v) is 153. The summed E-state index contributed by atoms with van der Waals surface area (Å²) < 4.78 is 0. The van der Waals surface area contributed by atoms with Crippen molar-refractivity contribution in [3.63, 3.8) is 0 Å². The van der Waals surface area contributed by atoms with Crippen LogP contribution in [0.3, 0.4) is 0 Å². The summed E-state index contributed by atoms with van der Waals surface area (Å²) in [5.74, 6) is 0. The zero-order chi connectivity index (χ0) is 91.4. The van der Waals surface area contributed by atoms with Crippen LogP contribution >= 0.6 is 278 Å². The van der Waals surface area contributed by atoms with E-state index in [2.05, 4.69) is 394 Å². The number of nitrogens with zero attached hydrogens (tertiary/aromatic N) is 2. The molecule has 2 aliphatic rings. The number of thiophene rings is 4. The van der Waals surface area contributed by atoms with Crippen molar-refractivity contribution < 1.29 is 0 Å². The van der Waals surface area contributed by atoms with Crippen molar-refractivity contribution >= 4 is 289 Å². The minimum Gasteiger partial charge on any atom is -0.243 e. The number of aryl methyl sites for hydroxylation is 6. The predicted molar refractivity (Wildman–Crippen MR) is 678 cm³/mol. The maximum atomic E-state index is 5.78. The molecule has 18 atom stereocenters. The molecule has 129 heavy (non-hydrogen) atoms. The second kappa shape index (κ2) is 52.6. The van der Waals surface area contributed by atoms with Gasteiger partial charge in [0, 0.05) is 61.3 Å². The first-order chi connectivity index (χ1) is 62.4. The number of fused-ring (bicyclic) bond motifs is 7. The molecule has 0 amide bonds. The Kier molecular flexibility index (Phi) is 44.5. The Morgan fingerprint density at radius 2 is 0.628 bits per heavy atom. The molecule has 5 heterocycles. The van der Waals surface area contributed by atoms with Crippen LogP contribution < -0.4 is 0 Å². The molecule has 0 N–H and O–H groups in total. The Morgan fingerprint density at radius 1 is 0.287 bits per heavy atom. The monoisotopic (exact) mass is 2310 g/mol. The van der Waals surface area contributed by atoms with Gasteiger partial charge in [-0.1, -0.05) is 283 Å². The highest BCUT2D eigenvalue weighted by molar-refractivity contribution is 9.43. The van der Waals surface area contributed by atoms with Crippen LogP contribution in [0.25, 0.3) is 85.1 Å². The molecule has 2 aliphatic carbocycles. The smallest absolute Gasteiger partial charge is 0.0988 e. The Hall–Kier alpha value is 4.37. The van der Waals surface area contributed by atoms with Crippen molar-refractivity contribution in [3.05, 3.63) is 295 Å². The number of hydrogen-bond acceptors (Lipinski definition) is 6. The molecule has 680 valence electrons. The summed E-state index contributed by atoms with van der Waals surface area (Å²) in [7, 11) is 50.2. The van der Waals surface area contributed by atoms with Crippen molar-refractivity contribution in [1.82, 2.24) is 9.97 Å². The fourth-order valence-electron chi connectivity index (χ4n) is 18.0. The van der Waals surface area contributed by atoms with Crippen molar-refractivity contribution in [2.75, 3.05) is 0 Å². The fourth-order valence-corrected chi connectivity index (χ4v) is 400. The first kappa shape index (κ1) is 109. The summed E-state index contributed by atoms with van der Waals surface area (Å²) in [5.41, 5.74) is 26.2. The van der Waals surface area contributed by atoms with E-state index >= 15 is 0 Å². The van der Waals surface area contributed by atoms with Gasteiger partial charge in [0.25, 0.3) is 0 Å². The van der Waals surface area contributed by atoms with Crippen molar-refractivity contribution in [2.45, 2.75) is 181 Å². The van der Waals surface area contributed by atoms with Crippen LogP contribution in [0.2, 0.25) is 0 Å². The molecule has 0 saturated heterocycles. The summed E-state index contributed by atoms with van der Waals surface area (Å²) in [6, 6.07) is 85.8. The molecule has 18 unspecified atom stereocenters. The second-order valence-electron chi connectivity index (χ2n) is 32.9. The normalized spacial score (nSPS) is 14.0. The third-order valence-corrected chi connectivity index (χ3v) is 219. The predicted octanol–water partition coefficient (Wildman–Crippen LogP) is 44.7.